The van der Waals surface area contributed by atoms with E-state index < -0.39 is 22.5 Å². The number of furan rings is 2. The molecular weight excluding hydrogens is 240 g/mol. The van der Waals surface area contributed by atoms with E-state index in [4.69, 9.17) is 0 Å². The first-order valence-electron chi connectivity index (χ1n) is 5.13. The summed E-state index contributed by atoms with van der Waals surface area (Å²) in [6, 6.07) is 0. The van der Waals surface area contributed by atoms with Crippen molar-refractivity contribution in [1.29, 1.82) is 0 Å². The average molecular weight is 246 g/mol. The van der Waals surface area contributed by atoms with Crippen LogP contribution >= 0.6 is 0 Å². The molecule has 0 aliphatic carbocycles. The molecule has 18 heavy (non-hydrogen) atoms. The van der Waals surface area contributed by atoms with Crippen LogP contribution in [0.2, 0.25) is 0 Å². The van der Waals surface area contributed by atoms with Gasteiger partial charge in [0.25, 0.3) is 0 Å². The highest BCUT2D eigenvalue weighted by Gasteiger charge is 2.23. The molecule has 2 heterocycles. The van der Waals surface area contributed by atoms with E-state index in [9.17, 15) is 19.2 Å². The third-order valence-electron chi connectivity index (χ3n) is 3.25. The molecule has 0 saturated heterocycles. The highest BCUT2D eigenvalue weighted by molar-refractivity contribution is 6.09. The Bertz CT molecular complexity index is 924. The van der Waals surface area contributed by atoms with Crippen molar-refractivity contribution in [1.82, 2.24) is 0 Å². The fourth-order valence-corrected chi connectivity index (χ4v) is 2.29. The zero-order chi connectivity index (χ0) is 13.2. The maximum absolute atomic E-state index is 11.6. The van der Waals surface area contributed by atoms with Gasteiger partial charge in [0, 0.05) is 0 Å². The van der Waals surface area contributed by atoms with E-state index in [2.05, 4.69) is 8.83 Å². The molecule has 3 aromatic rings. The molecule has 0 saturated carbocycles. The summed E-state index contributed by atoms with van der Waals surface area (Å²) in [5, 5.41) is -0.228. The molecule has 6 nitrogen and oxygen atoms in total. The third kappa shape index (κ3) is 1.02. The first-order chi connectivity index (χ1) is 8.43. The molecule has 0 amide bonds. The molecule has 0 aliphatic heterocycles. The zero-order valence-corrected chi connectivity index (χ0v) is 9.45. The first kappa shape index (κ1) is 10.6. The Kier molecular flexibility index (Phi) is 1.80. The summed E-state index contributed by atoms with van der Waals surface area (Å²) in [5.74, 6) is 0. The van der Waals surface area contributed by atoms with E-state index in [0.717, 1.165) is 0 Å². The molecule has 0 spiro atoms. The van der Waals surface area contributed by atoms with Crippen LogP contribution in [0.1, 0.15) is 11.1 Å². The lowest BCUT2D eigenvalue weighted by Gasteiger charge is -2.00. The summed E-state index contributed by atoms with van der Waals surface area (Å²) in [7, 11) is 0. The summed E-state index contributed by atoms with van der Waals surface area (Å²) in [6.45, 7) is 3.18. The Morgan fingerprint density at radius 3 is 1.17 bits per heavy atom. The predicted molar refractivity (Wildman–Crippen MR) is 62.9 cm³/mol. The highest BCUT2D eigenvalue weighted by atomic mass is 16.4. The van der Waals surface area contributed by atoms with E-state index >= 15 is 0 Å². The minimum absolute atomic E-state index is 0.0444. The minimum atomic E-state index is -0.916. The monoisotopic (exact) mass is 246 g/mol. The molecule has 3 rings (SSSR count). The van der Waals surface area contributed by atoms with Gasteiger partial charge >= 0.3 is 22.5 Å². The van der Waals surface area contributed by atoms with Crippen LogP contribution in [0.25, 0.3) is 21.5 Å². The molecule has 1 aromatic carbocycles. The van der Waals surface area contributed by atoms with Gasteiger partial charge in [0.05, 0.1) is 21.5 Å². The van der Waals surface area contributed by atoms with Crippen molar-refractivity contribution < 1.29 is 8.83 Å². The van der Waals surface area contributed by atoms with Gasteiger partial charge in [-0.05, 0) is 25.0 Å². The Labute approximate surface area is 97.8 Å². The molecule has 0 fully saturated rings. The summed E-state index contributed by atoms with van der Waals surface area (Å²) < 4.78 is 8.96. The smallest absolute Gasteiger partial charge is 0.347 e. The van der Waals surface area contributed by atoms with Crippen molar-refractivity contribution in [2.45, 2.75) is 13.8 Å². The van der Waals surface area contributed by atoms with Gasteiger partial charge in [-0.25, -0.2) is 19.2 Å². The molecule has 0 atom stereocenters. The van der Waals surface area contributed by atoms with E-state index in [0.29, 0.717) is 11.1 Å². The lowest BCUT2D eigenvalue weighted by molar-refractivity contribution is 0.497. The number of aryl methyl sites for hydroxylation is 2. The Balaban J connectivity index is 2.98. The van der Waals surface area contributed by atoms with Crippen LogP contribution in [0.4, 0.5) is 0 Å². The number of rotatable bonds is 0. The van der Waals surface area contributed by atoms with Crippen LogP contribution in [0, 0.1) is 13.8 Å². The molecule has 0 radical (unpaired) electrons. The van der Waals surface area contributed by atoms with Crippen LogP contribution in [-0.4, -0.2) is 0 Å². The Morgan fingerprint density at radius 1 is 0.556 bits per heavy atom. The zero-order valence-electron chi connectivity index (χ0n) is 9.45. The maximum Gasteiger partial charge on any atom is 0.347 e. The van der Waals surface area contributed by atoms with Crippen LogP contribution < -0.4 is 22.5 Å². The summed E-state index contributed by atoms with van der Waals surface area (Å²) in [6.07, 6.45) is 0. The number of hydrogen-bond acceptors (Lipinski definition) is 6. The maximum atomic E-state index is 11.6. The molecular formula is C12H6O6. The van der Waals surface area contributed by atoms with Crippen LogP contribution in [-0.2, 0) is 0 Å². The molecule has 6 heteroatoms. The molecule has 0 bridgehead atoms. The van der Waals surface area contributed by atoms with Crippen LogP contribution in [0.3, 0.4) is 0 Å². The summed E-state index contributed by atoms with van der Waals surface area (Å²) in [5.41, 5.74) is -2.53. The lowest BCUT2D eigenvalue weighted by atomic mass is 9.98. The van der Waals surface area contributed by atoms with Gasteiger partial charge < -0.3 is 8.83 Å². The van der Waals surface area contributed by atoms with Gasteiger partial charge in [0.1, 0.15) is 0 Å². The predicted octanol–water partition coefficient (Wildman–Crippen LogP) is 0.112. The van der Waals surface area contributed by atoms with Crippen molar-refractivity contribution >= 4 is 21.5 Å². The summed E-state index contributed by atoms with van der Waals surface area (Å²) >= 11 is 0. The SMILES string of the molecule is Cc1c(C)c2c(=O)oc(=O)c2c2c(=O)oc(=O)c12. The largest absolute Gasteiger partial charge is 0.386 e. The Morgan fingerprint density at radius 2 is 0.833 bits per heavy atom. The fourth-order valence-electron chi connectivity index (χ4n) is 2.29. The van der Waals surface area contributed by atoms with Crippen molar-refractivity contribution in [2.24, 2.45) is 0 Å². The van der Waals surface area contributed by atoms with Crippen molar-refractivity contribution in [3.63, 3.8) is 0 Å². The second-order valence-electron chi connectivity index (χ2n) is 4.10. The summed E-state index contributed by atoms with van der Waals surface area (Å²) in [4.78, 5) is 46.3. The molecule has 0 unspecified atom stereocenters. The molecule has 0 N–H and O–H groups in total. The number of benzene rings is 1. The van der Waals surface area contributed by atoms with E-state index in [1.165, 1.54) is 0 Å². The van der Waals surface area contributed by atoms with Crippen molar-refractivity contribution in [2.75, 3.05) is 0 Å². The highest BCUT2D eigenvalue weighted by Crippen LogP contribution is 2.24. The van der Waals surface area contributed by atoms with Gasteiger partial charge in [-0.3, -0.25) is 0 Å². The number of fused-ring (bicyclic) bond motifs is 3. The van der Waals surface area contributed by atoms with Gasteiger partial charge in [0.15, 0.2) is 0 Å². The van der Waals surface area contributed by atoms with Gasteiger partial charge in [-0.1, -0.05) is 0 Å². The second-order valence-corrected chi connectivity index (χ2v) is 4.10. The first-order valence-corrected chi connectivity index (χ1v) is 5.13. The third-order valence-corrected chi connectivity index (χ3v) is 3.25. The molecule has 0 aliphatic rings. The topological polar surface area (TPSA) is 94.6 Å². The quantitative estimate of drug-likeness (QED) is 0.558. The molecule has 2 aromatic heterocycles. The van der Waals surface area contributed by atoms with E-state index in [-0.39, 0.29) is 21.5 Å². The average Bonchev–Trinajstić information content (AvgIpc) is 2.73. The Hall–Kier alpha value is -2.50. The van der Waals surface area contributed by atoms with Gasteiger partial charge in [0.2, 0.25) is 0 Å². The fraction of sp³-hybridized carbons (Fsp3) is 0.167. The van der Waals surface area contributed by atoms with Crippen molar-refractivity contribution in [3.8, 4) is 0 Å². The number of hydrogen-bond donors (Lipinski definition) is 0. The van der Waals surface area contributed by atoms with Gasteiger partial charge in [-0.15, -0.1) is 0 Å². The van der Waals surface area contributed by atoms with Crippen LogP contribution in [0.5, 0.6) is 0 Å². The van der Waals surface area contributed by atoms with Crippen molar-refractivity contribution in [3.05, 3.63) is 52.8 Å². The minimum Gasteiger partial charge on any atom is -0.386 e. The second kappa shape index (κ2) is 3.04. The van der Waals surface area contributed by atoms with Crippen LogP contribution in [0.15, 0.2) is 28.0 Å². The van der Waals surface area contributed by atoms with Gasteiger partial charge in [-0.2, -0.15) is 0 Å². The normalized spacial score (nSPS) is 11.7. The lowest BCUT2D eigenvalue weighted by Crippen LogP contribution is -2.01. The molecule has 90 valence electrons. The van der Waals surface area contributed by atoms with E-state index in [1.54, 1.807) is 13.8 Å². The van der Waals surface area contributed by atoms with E-state index in [1.807, 2.05) is 0 Å². The standard InChI is InChI=1S/C12H6O6/c1-3-4(2)6-8(12(16)18-10(6)14)7-5(3)9(13)17-11(7)15/h1-2H3.